The topological polar surface area (TPSA) is 71.8 Å². The average molecular weight is 504 g/mol. The van der Waals surface area contributed by atoms with Gasteiger partial charge in [-0.2, -0.15) is 13.2 Å². The second-order valence-corrected chi connectivity index (χ2v) is 11.3. The van der Waals surface area contributed by atoms with Gasteiger partial charge in [0.1, 0.15) is 12.2 Å². The Morgan fingerprint density at radius 3 is 2.22 bits per heavy atom. The van der Waals surface area contributed by atoms with E-state index < -0.39 is 35.7 Å². The van der Waals surface area contributed by atoms with Crippen molar-refractivity contribution in [3.63, 3.8) is 0 Å². The van der Waals surface area contributed by atoms with Gasteiger partial charge < -0.3 is 19.7 Å². The molecule has 1 saturated carbocycles. The highest BCUT2D eigenvalue weighted by Gasteiger charge is 2.56. The fourth-order valence-electron chi connectivity index (χ4n) is 6.88. The molecule has 194 valence electrons. The van der Waals surface area contributed by atoms with E-state index in [-0.39, 0.29) is 11.3 Å². The van der Waals surface area contributed by atoms with Crippen LogP contribution < -0.4 is 0 Å². The number of alkyl halides is 3. The zero-order chi connectivity index (χ0) is 25.5. The summed E-state index contributed by atoms with van der Waals surface area (Å²) in [6.07, 6.45) is -2.19. The Labute approximate surface area is 208 Å². The molecule has 0 amide bonds. The smallest absolute Gasteiger partial charge is 0.388 e. The highest BCUT2D eigenvalue weighted by molar-refractivity contribution is 5.55. The number of hydrogen-bond acceptors (Lipinski definition) is 5. The highest BCUT2D eigenvalue weighted by atomic mass is 19.4. The van der Waals surface area contributed by atoms with Gasteiger partial charge in [0.05, 0.1) is 23.0 Å². The van der Waals surface area contributed by atoms with Crippen molar-refractivity contribution < 1.29 is 32.9 Å². The van der Waals surface area contributed by atoms with Gasteiger partial charge in [0.15, 0.2) is 0 Å². The lowest BCUT2D eigenvalue weighted by Crippen LogP contribution is -2.43. The third-order valence-electron chi connectivity index (χ3n) is 8.90. The number of nitrogens with zero attached hydrogens (tertiary/aromatic N) is 1. The third-order valence-corrected chi connectivity index (χ3v) is 8.90. The molecule has 2 fully saturated rings. The minimum absolute atomic E-state index is 0.0109. The quantitative estimate of drug-likeness (QED) is 0.527. The number of pyridine rings is 1. The first-order chi connectivity index (χ1) is 17.1. The van der Waals surface area contributed by atoms with Crippen LogP contribution in [0, 0.1) is 5.41 Å². The van der Waals surface area contributed by atoms with Crippen LogP contribution in [0.2, 0.25) is 0 Å². The molecular weight excluding hydrogens is 471 g/mol. The van der Waals surface area contributed by atoms with Crippen LogP contribution in [0.25, 0.3) is 0 Å². The number of aliphatic hydroxyl groups excluding tert-OH is 2. The Bertz CT molecular complexity index is 1170. The molecule has 5 nitrogen and oxygen atoms in total. The van der Waals surface area contributed by atoms with Crippen LogP contribution in [0.5, 0.6) is 0 Å². The van der Waals surface area contributed by atoms with E-state index in [9.17, 15) is 23.4 Å². The van der Waals surface area contributed by atoms with Gasteiger partial charge in [-0.15, -0.1) is 0 Å². The predicted octanol–water partition coefficient (Wildman–Crippen LogP) is 5.99. The third kappa shape index (κ3) is 3.48. The lowest BCUT2D eigenvalue weighted by atomic mass is 9.57. The maximum atomic E-state index is 13.2. The molecule has 3 atom stereocenters. The van der Waals surface area contributed by atoms with Crippen LogP contribution in [-0.4, -0.2) is 28.4 Å². The Morgan fingerprint density at radius 1 is 1.00 bits per heavy atom. The Balaban J connectivity index is 1.57. The van der Waals surface area contributed by atoms with E-state index in [1.165, 1.54) is 12.1 Å². The van der Waals surface area contributed by atoms with Crippen molar-refractivity contribution in [1.82, 2.24) is 4.98 Å². The first-order valence-corrected chi connectivity index (χ1v) is 12.9. The molecular formula is C28H32F3NO4. The van der Waals surface area contributed by atoms with E-state index in [1.54, 1.807) is 0 Å². The predicted molar refractivity (Wildman–Crippen MR) is 125 cm³/mol. The second-order valence-electron chi connectivity index (χ2n) is 11.3. The Morgan fingerprint density at radius 2 is 1.67 bits per heavy atom. The molecule has 1 saturated heterocycles. The minimum atomic E-state index is -4.42. The van der Waals surface area contributed by atoms with Crippen LogP contribution in [-0.2, 0) is 21.3 Å². The largest absolute Gasteiger partial charge is 0.416 e. The zero-order valence-electron chi connectivity index (χ0n) is 20.6. The summed E-state index contributed by atoms with van der Waals surface area (Å²) in [5.74, 6) is -0.0109. The van der Waals surface area contributed by atoms with Crippen LogP contribution in [0.15, 0.2) is 24.3 Å². The lowest BCUT2D eigenvalue weighted by Gasteiger charge is -2.51. The molecule has 0 bridgehead atoms. The summed E-state index contributed by atoms with van der Waals surface area (Å²) in [7, 11) is 0. The fourth-order valence-corrected chi connectivity index (χ4v) is 6.88. The van der Waals surface area contributed by atoms with Crippen LogP contribution >= 0.6 is 0 Å². The van der Waals surface area contributed by atoms with Crippen molar-refractivity contribution in [3.05, 3.63) is 63.5 Å². The van der Waals surface area contributed by atoms with Crippen molar-refractivity contribution >= 4 is 0 Å². The summed E-state index contributed by atoms with van der Waals surface area (Å²) < 4.78 is 52.2. The molecule has 4 aliphatic rings. The number of rotatable bonds is 2. The molecule has 2 spiro atoms. The number of benzene rings is 1. The molecule has 6 rings (SSSR count). The SMILES string of the molecule is CC(C)c1nc2c(c3c1[C@@H](c1ccc(C(F)(F)F)cc1)OC31CCOCC1)[C@@H](O)CC1(CCC1)[C@H]2O. The molecule has 2 aliphatic heterocycles. The standard InChI is InChI=1S/C28H32F3NO4/c1-15(2)22-20-21(19-18(33)14-26(8-3-9-26)25(34)23(19)32-22)27(10-12-35-13-11-27)36-24(20)16-4-6-17(7-5-16)28(29,30)31/h4-7,15,18,24-25,33-34H,3,8-14H2,1-2H3/t18-,24+,25-/m0/s1. The van der Waals surface area contributed by atoms with Gasteiger partial charge in [-0.25, -0.2) is 0 Å². The number of aliphatic hydroxyl groups is 2. The Hall–Kier alpha value is -2.00. The lowest BCUT2D eigenvalue weighted by molar-refractivity contribution is -0.137. The van der Waals surface area contributed by atoms with Crippen LogP contribution in [0.4, 0.5) is 13.2 Å². The average Bonchev–Trinajstić information content (AvgIpc) is 3.13. The van der Waals surface area contributed by atoms with E-state index >= 15 is 0 Å². The van der Waals surface area contributed by atoms with Crippen molar-refractivity contribution in [2.45, 2.75) is 88.4 Å². The van der Waals surface area contributed by atoms with Gasteiger partial charge in [-0.3, -0.25) is 4.98 Å². The molecule has 0 unspecified atom stereocenters. The van der Waals surface area contributed by atoms with Gasteiger partial charge in [-0.1, -0.05) is 32.4 Å². The fraction of sp³-hybridized carbons (Fsp3) is 0.607. The first-order valence-electron chi connectivity index (χ1n) is 12.9. The maximum Gasteiger partial charge on any atom is 0.416 e. The van der Waals surface area contributed by atoms with E-state index in [0.29, 0.717) is 49.3 Å². The van der Waals surface area contributed by atoms with E-state index in [4.69, 9.17) is 14.5 Å². The number of ether oxygens (including phenoxy) is 2. The van der Waals surface area contributed by atoms with Gasteiger partial charge in [-0.05, 0) is 48.4 Å². The van der Waals surface area contributed by atoms with Gasteiger partial charge in [0.2, 0.25) is 0 Å². The molecule has 2 N–H and O–H groups in total. The van der Waals surface area contributed by atoms with Crippen LogP contribution in [0.3, 0.4) is 0 Å². The monoisotopic (exact) mass is 503 g/mol. The first kappa shape index (κ1) is 24.3. The van der Waals surface area contributed by atoms with Crippen LogP contribution in [0.1, 0.15) is 116 Å². The van der Waals surface area contributed by atoms with Crippen molar-refractivity contribution in [3.8, 4) is 0 Å². The summed E-state index contributed by atoms with van der Waals surface area (Å²) in [5.41, 5.74) is 2.54. The summed E-state index contributed by atoms with van der Waals surface area (Å²) in [4.78, 5) is 5.00. The minimum Gasteiger partial charge on any atom is -0.388 e. The summed E-state index contributed by atoms with van der Waals surface area (Å²) in [6.45, 7) is 5.02. The van der Waals surface area contributed by atoms with Crippen molar-refractivity contribution in [2.24, 2.45) is 5.41 Å². The number of fused-ring (bicyclic) bond motifs is 4. The van der Waals surface area contributed by atoms with Gasteiger partial charge >= 0.3 is 6.18 Å². The molecule has 3 heterocycles. The molecule has 0 radical (unpaired) electrons. The maximum absolute atomic E-state index is 13.2. The number of halogens is 3. The van der Waals surface area contributed by atoms with E-state index in [2.05, 4.69) is 0 Å². The zero-order valence-corrected chi connectivity index (χ0v) is 20.6. The van der Waals surface area contributed by atoms with Crippen molar-refractivity contribution in [1.29, 1.82) is 0 Å². The van der Waals surface area contributed by atoms with Gasteiger partial charge in [0.25, 0.3) is 0 Å². The summed E-state index contributed by atoms with van der Waals surface area (Å²) >= 11 is 0. The number of aromatic nitrogens is 1. The molecule has 36 heavy (non-hydrogen) atoms. The van der Waals surface area contributed by atoms with Gasteiger partial charge in [0, 0.05) is 48.3 Å². The highest BCUT2D eigenvalue weighted by Crippen LogP contribution is 2.63. The summed E-state index contributed by atoms with van der Waals surface area (Å²) in [6, 6.07) is 5.14. The molecule has 1 aromatic heterocycles. The normalized spacial score (nSPS) is 28.3. The van der Waals surface area contributed by atoms with E-state index in [1.807, 2.05) is 13.8 Å². The molecule has 1 aromatic carbocycles. The molecule has 8 heteroatoms. The number of hydrogen-bond donors (Lipinski definition) is 2. The van der Waals surface area contributed by atoms with E-state index in [0.717, 1.165) is 48.2 Å². The van der Waals surface area contributed by atoms with Crippen molar-refractivity contribution in [2.75, 3.05) is 13.2 Å². The second kappa shape index (κ2) is 8.25. The molecule has 2 aromatic rings. The molecule has 2 aliphatic carbocycles. The summed E-state index contributed by atoms with van der Waals surface area (Å²) in [5, 5.41) is 23.0. The Kier molecular flexibility index (Phi) is 5.58.